The van der Waals surface area contributed by atoms with E-state index in [1.165, 1.54) is 0 Å². The summed E-state index contributed by atoms with van der Waals surface area (Å²) in [5, 5.41) is 10.0. The lowest BCUT2D eigenvalue weighted by atomic mass is 9.82. The number of rotatable bonds is 3. The van der Waals surface area contributed by atoms with Gasteiger partial charge in [0.15, 0.2) is 0 Å². The van der Waals surface area contributed by atoms with Gasteiger partial charge in [0, 0.05) is 60.8 Å². The lowest BCUT2D eigenvalue weighted by Crippen LogP contribution is -2.49. The van der Waals surface area contributed by atoms with E-state index in [0.29, 0.717) is 25.2 Å². The van der Waals surface area contributed by atoms with Crippen molar-refractivity contribution in [1.82, 2.24) is 14.5 Å². The van der Waals surface area contributed by atoms with E-state index in [2.05, 4.69) is 11.1 Å². The molecule has 0 aliphatic carbocycles. The monoisotopic (exact) mass is 401 g/mol. The second kappa shape index (κ2) is 7.44. The number of hydrogen-bond acceptors (Lipinski definition) is 4. The molecule has 2 bridgehead atoms. The number of fused-ring (bicyclic) bond motifs is 4. The third kappa shape index (κ3) is 3.38. The fourth-order valence-corrected chi connectivity index (χ4v) is 4.80. The zero-order valence-corrected chi connectivity index (χ0v) is 16.6. The van der Waals surface area contributed by atoms with Crippen LogP contribution < -0.4 is 5.56 Å². The van der Waals surface area contributed by atoms with E-state index in [1.807, 2.05) is 27.7 Å². The Hall–Kier alpha value is -3.41. The van der Waals surface area contributed by atoms with Gasteiger partial charge in [0.25, 0.3) is 5.56 Å². The first-order valence-corrected chi connectivity index (χ1v) is 10.3. The highest BCUT2D eigenvalue weighted by Crippen LogP contribution is 2.36. The van der Waals surface area contributed by atoms with E-state index in [9.17, 15) is 14.7 Å². The number of hydrogen-bond donors (Lipinski definition) is 1. The Kier molecular flexibility index (Phi) is 4.62. The number of aromatic hydroxyl groups is 1. The number of para-hydroxylation sites is 1. The molecule has 1 amide bonds. The third-order valence-corrected chi connectivity index (χ3v) is 6.24. The molecule has 4 heterocycles. The fourth-order valence-electron chi connectivity index (χ4n) is 4.80. The highest BCUT2D eigenvalue weighted by Gasteiger charge is 2.36. The molecule has 1 saturated heterocycles. The van der Waals surface area contributed by atoms with E-state index in [0.717, 1.165) is 23.2 Å². The molecule has 2 aliphatic heterocycles. The Labute approximate surface area is 174 Å². The maximum Gasteiger partial charge on any atom is 0.251 e. The predicted molar refractivity (Wildman–Crippen MR) is 113 cm³/mol. The number of aromatic nitrogens is 2. The maximum absolute atomic E-state index is 13.0. The van der Waals surface area contributed by atoms with Crippen LogP contribution in [0.2, 0.25) is 0 Å². The number of nitrogens with zero attached hydrogens (tertiary/aromatic N) is 3. The number of pyridine rings is 2. The van der Waals surface area contributed by atoms with Crippen LogP contribution in [0.15, 0.2) is 65.7 Å². The molecule has 6 heteroatoms. The summed E-state index contributed by atoms with van der Waals surface area (Å²) in [5.41, 5.74) is 3.44. The summed E-state index contributed by atoms with van der Waals surface area (Å²) >= 11 is 0. The standard InChI is InChI=1S/C24H23N3O3/c28-22-6-2-1-4-17(22)10-23(29)26-13-16-8-20(15-26)21-9-19(11-24(30)27(21)14-16)18-5-3-7-25-12-18/h1-7,9,11-12,16,20,28H,8,10,13-15H2/t16-,20+/m0/s1. The van der Waals surface area contributed by atoms with E-state index in [4.69, 9.17) is 0 Å². The smallest absolute Gasteiger partial charge is 0.251 e. The number of phenolic OH excluding ortho intramolecular Hbond substituents is 1. The van der Waals surface area contributed by atoms with Crippen LogP contribution in [0.25, 0.3) is 11.1 Å². The van der Waals surface area contributed by atoms with Crippen molar-refractivity contribution >= 4 is 5.91 Å². The van der Waals surface area contributed by atoms with Crippen molar-refractivity contribution in [3.05, 3.63) is 82.5 Å². The number of likely N-dealkylation sites (tertiary alicyclic amines) is 1. The molecule has 30 heavy (non-hydrogen) atoms. The average molecular weight is 401 g/mol. The minimum absolute atomic E-state index is 0.00929. The van der Waals surface area contributed by atoms with Gasteiger partial charge in [-0.05, 0) is 36.1 Å². The van der Waals surface area contributed by atoms with Crippen LogP contribution in [0.5, 0.6) is 5.75 Å². The highest BCUT2D eigenvalue weighted by molar-refractivity contribution is 5.79. The first kappa shape index (κ1) is 18.6. The molecule has 0 radical (unpaired) electrons. The average Bonchev–Trinajstić information content (AvgIpc) is 2.76. The van der Waals surface area contributed by atoms with Crippen molar-refractivity contribution in [2.75, 3.05) is 13.1 Å². The van der Waals surface area contributed by atoms with Crippen LogP contribution in [-0.2, 0) is 17.8 Å². The highest BCUT2D eigenvalue weighted by atomic mass is 16.3. The van der Waals surface area contributed by atoms with Gasteiger partial charge in [-0.1, -0.05) is 24.3 Å². The molecule has 1 N–H and O–H groups in total. The SMILES string of the molecule is O=C(Cc1ccccc1O)N1C[C@@H]2C[C@H](C1)c1cc(-c3cccnc3)cc(=O)n1C2. The van der Waals surface area contributed by atoms with Crippen molar-refractivity contribution in [3.63, 3.8) is 0 Å². The van der Waals surface area contributed by atoms with Crippen LogP contribution in [0, 0.1) is 5.92 Å². The first-order valence-electron chi connectivity index (χ1n) is 10.3. The molecule has 2 aromatic heterocycles. The molecule has 152 valence electrons. The Morgan fingerprint density at radius 2 is 1.93 bits per heavy atom. The summed E-state index contributed by atoms with van der Waals surface area (Å²) in [6.07, 6.45) is 4.65. The largest absolute Gasteiger partial charge is 0.508 e. The van der Waals surface area contributed by atoms with Gasteiger partial charge in [0.1, 0.15) is 5.75 Å². The van der Waals surface area contributed by atoms with Crippen LogP contribution in [0.3, 0.4) is 0 Å². The number of phenols is 1. The quantitative estimate of drug-likeness (QED) is 0.732. The summed E-state index contributed by atoms with van der Waals surface area (Å²) in [4.78, 5) is 31.8. The zero-order valence-electron chi connectivity index (χ0n) is 16.6. The van der Waals surface area contributed by atoms with Crippen LogP contribution >= 0.6 is 0 Å². The van der Waals surface area contributed by atoms with Gasteiger partial charge in [-0.15, -0.1) is 0 Å². The summed E-state index contributed by atoms with van der Waals surface area (Å²) in [5.74, 6) is 0.577. The lowest BCUT2D eigenvalue weighted by molar-refractivity contribution is -0.133. The van der Waals surface area contributed by atoms with Crippen molar-refractivity contribution in [3.8, 4) is 16.9 Å². The van der Waals surface area contributed by atoms with Crippen molar-refractivity contribution in [2.45, 2.75) is 25.3 Å². The molecule has 1 aromatic carbocycles. The van der Waals surface area contributed by atoms with E-state index >= 15 is 0 Å². The number of piperidine rings is 1. The molecule has 0 saturated carbocycles. The van der Waals surface area contributed by atoms with Crippen molar-refractivity contribution in [2.24, 2.45) is 5.92 Å². The van der Waals surface area contributed by atoms with Gasteiger partial charge in [-0.3, -0.25) is 14.6 Å². The van der Waals surface area contributed by atoms with Crippen LogP contribution in [0.1, 0.15) is 23.6 Å². The molecule has 6 nitrogen and oxygen atoms in total. The molecule has 2 atom stereocenters. The zero-order chi connectivity index (χ0) is 20.7. The molecule has 5 rings (SSSR count). The minimum Gasteiger partial charge on any atom is -0.508 e. The van der Waals surface area contributed by atoms with Gasteiger partial charge in [0.2, 0.25) is 5.91 Å². The summed E-state index contributed by atoms with van der Waals surface area (Å²) in [6, 6.07) is 14.6. The van der Waals surface area contributed by atoms with Crippen LogP contribution in [-0.4, -0.2) is 38.6 Å². The summed E-state index contributed by atoms with van der Waals surface area (Å²) in [7, 11) is 0. The third-order valence-electron chi connectivity index (χ3n) is 6.24. The Morgan fingerprint density at radius 1 is 1.07 bits per heavy atom. The topological polar surface area (TPSA) is 75.4 Å². The second-order valence-corrected chi connectivity index (χ2v) is 8.26. The van der Waals surface area contributed by atoms with Gasteiger partial charge in [-0.2, -0.15) is 0 Å². The first-order chi connectivity index (χ1) is 14.6. The number of carbonyl (C=O) groups is 1. The Balaban J connectivity index is 1.42. The van der Waals surface area contributed by atoms with E-state index in [-0.39, 0.29) is 35.5 Å². The molecule has 0 spiro atoms. The second-order valence-electron chi connectivity index (χ2n) is 8.26. The number of amides is 1. The Bertz CT molecular complexity index is 1160. The summed E-state index contributed by atoms with van der Waals surface area (Å²) < 4.78 is 1.88. The predicted octanol–water partition coefficient (Wildman–Crippen LogP) is 2.80. The van der Waals surface area contributed by atoms with Crippen LogP contribution in [0.4, 0.5) is 0 Å². The van der Waals surface area contributed by atoms with Gasteiger partial charge >= 0.3 is 0 Å². The molecular weight excluding hydrogens is 378 g/mol. The number of carbonyl (C=O) groups excluding carboxylic acids is 1. The fraction of sp³-hybridized carbons (Fsp3) is 0.292. The lowest BCUT2D eigenvalue weighted by Gasteiger charge is -2.43. The molecule has 1 fully saturated rings. The normalized spacial score (nSPS) is 19.9. The molecular formula is C24H23N3O3. The van der Waals surface area contributed by atoms with Gasteiger partial charge in [0.05, 0.1) is 6.42 Å². The van der Waals surface area contributed by atoms with E-state index in [1.54, 1.807) is 36.7 Å². The van der Waals surface area contributed by atoms with Crippen molar-refractivity contribution < 1.29 is 9.90 Å². The Morgan fingerprint density at radius 3 is 2.73 bits per heavy atom. The van der Waals surface area contributed by atoms with Gasteiger partial charge in [-0.25, -0.2) is 0 Å². The molecule has 0 unspecified atom stereocenters. The maximum atomic E-state index is 13.0. The number of benzene rings is 1. The minimum atomic E-state index is 0.00929. The van der Waals surface area contributed by atoms with Gasteiger partial charge < -0.3 is 14.6 Å². The molecule has 3 aromatic rings. The van der Waals surface area contributed by atoms with Crippen molar-refractivity contribution in [1.29, 1.82) is 0 Å². The molecule has 2 aliphatic rings. The van der Waals surface area contributed by atoms with E-state index < -0.39 is 0 Å². The summed E-state index contributed by atoms with van der Waals surface area (Å²) in [6.45, 7) is 1.89.